The average Bonchev–Trinajstić information content (AvgIpc) is 1.87. The third-order valence-corrected chi connectivity index (χ3v) is 1.11. The van der Waals surface area contributed by atoms with Crippen molar-refractivity contribution in [2.24, 2.45) is 5.73 Å². The number of carbonyl (C=O) groups is 1. The van der Waals surface area contributed by atoms with Crippen LogP contribution in [-0.2, 0) is 0 Å². The molecule has 0 heterocycles. The van der Waals surface area contributed by atoms with E-state index in [1.807, 2.05) is 0 Å². The van der Waals surface area contributed by atoms with E-state index in [-0.39, 0.29) is 6.67 Å². The molecular weight excluding hydrogens is 135 g/mol. The lowest BCUT2D eigenvalue weighted by Gasteiger charge is -1.98. The van der Waals surface area contributed by atoms with E-state index >= 15 is 0 Å². The Morgan fingerprint density at radius 3 is 2.60 bits per heavy atom. The van der Waals surface area contributed by atoms with Gasteiger partial charge in [-0.05, 0) is 19.3 Å². The predicted molar refractivity (Wildman–Crippen MR) is 37.4 cm³/mol. The van der Waals surface area contributed by atoms with Crippen LogP contribution in [0.15, 0.2) is 0 Å². The van der Waals surface area contributed by atoms with E-state index in [0.29, 0.717) is 13.0 Å². The lowest BCUT2D eigenvalue weighted by Crippen LogP contribution is -2.29. The zero-order chi connectivity index (χ0) is 7.82. The minimum Gasteiger partial charge on any atom is -0.352 e. The van der Waals surface area contributed by atoms with Crippen molar-refractivity contribution >= 4 is 6.03 Å². The van der Waals surface area contributed by atoms with Crippen molar-refractivity contribution in [1.29, 1.82) is 0 Å². The lowest BCUT2D eigenvalue weighted by molar-refractivity contribution is 0.248. The summed E-state index contributed by atoms with van der Waals surface area (Å²) in [6.07, 6.45) is 2.17. The minimum atomic E-state index is -0.514. The monoisotopic (exact) mass is 148 g/mol. The number of alkyl halides is 1. The van der Waals surface area contributed by atoms with Crippen molar-refractivity contribution in [3.63, 3.8) is 0 Å². The Labute approximate surface area is 59.8 Å². The summed E-state index contributed by atoms with van der Waals surface area (Å²) in [5.41, 5.74) is 4.78. The summed E-state index contributed by atoms with van der Waals surface area (Å²) in [6, 6.07) is -0.514. The highest BCUT2D eigenvalue weighted by Gasteiger charge is 1.90. The largest absolute Gasteiger partial charge is 0.352 e. The molecule has 0 saturated heterocycles. The lowest BCUT2D eigenvalue weighted by atomic mass is 10.2. The average molecular weight is 148 g/mol. The van der Waals surface area contributed by atoms with Crippen molar-refractivity contribution in [3.8, 4) is 0 Å². The summed E-state index contributed by atoms with van der Waals surface area (Å²) < 4.78 is 11.5. The molecule has 0 fully saturated rings. The molecule has 2 amide bonds. The van der Waals surface area contributed by atoms with Crippen LogP contribution in [0.3, 0.4) is 0 Å². The van der Waals surface area contributed by atoms with E-state index in [2.05, 4.69) is 5.32 Å². The molecule has 0 aromatic carbocycles. The Morgan fingerprint density at radius 1 is 1.40 bits per heavy atom. The normalized spacial score (nSPS) is 9.30. The predicted octanol–water partition coefficient (Wildman–Crippen LogP) is 0.794. The number of urea groups is 1. The highest BCUT2D eigenvalue weighted by atomic mass is 19.1. The maximum atomic E-state index is 11.5. The van der Waals surface area contributed by atoms with Gasteiger partial charge in [0, 0.05) is 6.54 Å². The number of halogens is 1. The minimum absolute atomic E-state index is 0.281. The maximum Gasteiger partial charge on any atom is 0.312 e. The number of carbonyl (C=O) groups excluding carboxylic acids is 1. The molecule has 0 aliphatic heterocycles. The Hall–Kier alpha value is -0.800. The van der Waals surface area contributed by atoms with E-state index in [4.69, 9.17) is 5.73 Å². The first-order valence-electron chi connectivity index (χ1n) is 3.36. The SMILES string of the molecule is NC(=O)NCCCCCF. The van der Waals surface area contributed by atoms with Crippen molar-refractivity contribution in [2.75, 3.05) is 13.2 Å². The fourth-order valence-electron chi connectivity index (χ4n) is 0.608. The molecule has 0 aliphatic rings. The van der Waals surface area contributed by atoms with Crippen LogP contribution in [0, 0.1) is 0 Å². The fraction of sp³-hybridized carbons (Fsp3) is 0.833. The summed E-state index contributed by atoms with van der Waals surface area (Å²) in [5, 5.41) is 2.42. The molecule has 0 atom stereocenters. The third kappa shape index (κ3) is 7.20. The Bertz CT molecular complexity index is 97.7. The standard InChI is InChI=1S/C6H13FN2O/c7-4-2-1-3-5-9-6(8)10/h1-5H2,(H3,8,9,10). The number of hydrogen-bond donors (Lipinski definition) is 2. The van der Waals surface area contributed by atoms with Crippen LogP contribution in [0.5, 0.6) is 0 Å². The molecule has 60 valence electrons. The van der Waals surface area contributed by atoms with E-state index < -0.39 is 6.03 Å². The quantitative estimate of drug-likeness (QED) is 0.556. The van der Waals surface area contributed by atoms with Crippen molar-refractivity contribution in [1.82, 2.24) is 5.32 Å². The number of nitrogens with two attached hydrogens (primary N) is 1. The summed E-state index contributed by atoms with van der Waals surface area (Å²) in [7, 11) is 0. The molecular formula is C6H13FN2O. The summed E-state index contributed by atoms with van der Waals surface area (Å²) >= 11 is 0. The van der Waals surface area contributed by atoms with Crippen molar-refractivity contribution < 1.29 is 9.18 Å². The van der Waals surface area contributed by atoms with Gasteiger partial charge in [-0.2, -0.15) is 0 Å². The van der Waals surface area contributed by atoms with E-state index in [0.717, 1.165) is 12.8 Å². The third-order valence-electron chi connectivity index (χ3n) is 1.11. The molecule has 0 saturated carbocycles. The van der Waals surface area contributed by atoms with E-state index in [9.17, 15) is 9.18 Å². The van der Waals surface area contributed by atoms with Crippen LogP contribution < -0.4 is 11.1 Å². The highest BCUT2D eigenvalue weighted by Crippen LogP contribution is 1.93. The topological polar surface area (TPSA) is 55.1 Å². The first-order valence-corrected chi connectivity index (χ1v) is 3.36. The van der Waals surface area contributed by atoms with Gasteiger partial charge in [0.05, 0.1) is 6.67 Å². The molecule has 3 N–H and O–H groups in total. The van der Waals surface area contributed by atoms with Crippen LogP contribution >= 0.6 is 0 Å². The molecule has 0 aromatic heterocycles. The molecule has 0 spiro atoms. The van der Waals surface area contributed by atoms with E-state index in [1.54, 1.807) is 0 Å². The van der Waals surface area contributed by atoms with Gasteiger partial charge in [0.1, 0.15) is 0 Å². The molecule has 0 rings (SSSR count). The summed E-state index contributed by atoms with van der Waals surface area (Å²) in [6.45, 7) is 0.270. The zero-order valence-electron chi connectivity index (χ0n) is 5.90. The van der Waals surface area contributed by atoms with Crippen LogP contribution in [-0.4, -0.2) is 19.3 Å². The molecule has 4 heteroatoms. The van der Waals surface area contributed by atoms with Crippen LogP contribution in [0.2, 0.25) is 0 Å². The number of primary amides is 1. The first kappa shape index (κ1) is 9.20. The van der Waals surface area contributed by atoms with Crippen LogP contribution in [0.25, 0.3) is 0 Å². The molecule has 0 unspecified atom stereocenters. The molecule has 10 heavy (non-hydrogen) atoms. The number of hydrogen-bond acceptors (Lipinski definition) is 1. The van der Waals surface area contributed by atoms with Crippen molar-refractivity contribution in [3.05, 3.63) is 0 Å². The number of rotatable bonds is 5. The van der Waals surface area contributed by atoms with Gasteiger partial charge < -0.3 is 11.1 Å². The molecule has 0 bridgehead atoms. The smallest absolute Gasteiger partial charge is 0.312 e. The maximum absolute atomic E-state index is 11.5. The number of amides is 2. The zero-order valence-corrected chi connectivity index (χ0v) is 5.90. The van der Waals surface area contributed by atoms with Crippen molar-refractivity contribution in [2.45, 2.75) is 19.3 Å². The molecule has 0 aromatic rings. The fourth-order valence-corrected chi connectivity index (χ4v) is 0.608. The second-order valence-electron chi connectivity index (χ2n) is 2.04. The van der Waals surface area contributed by atoms with Gasteiger partial charge in [-0.1, -0.05) is 0 Å². The van der Waals surface area contributed by atoms with Crippen LogP contribution in [0.1, 0.15) is 19.3 Å². The number of unbranched alkanes of at least 4 members (excludes halogenated alkanes) is 2. The Morgan fingerprint density at radius 2 is 2.10 bits per heavy atom. The van der Waals surface area contributed by atoms with Gasteiger partial charge >= 0.3 is 6.03 Å². The van der Waals surface area contributed by atoms with Gasteiger partial charge in [0.15, 0.2) is 0 Å². The summed E-state index contributed by atoms with van der Waals surface area (Å²) in [5.74, 6) is 0. The van der Waals surface area contributed by atoms with Gasteiger partial charge in [0.25, 0.3) is 0 Å². The van der Waals surface area contributed by atoms with Gasteiger partial charge in [-0.3, -0.25) is 4.39 Å². The first-order chi connectivity index (χ1) is 4.77. The molecule has 0 aliphatic carbocycles. The second-order valence-corrected chi connectivity index (χ2v) is 2.04. The van der Waals surface area contributed by atoms with Gasteiger partial charge in [-0.15, -0.1) is 0 Å². The summed E-state index contributed by atoms with van der Waals surface area (Å²) in [4.78, 5) is 10.1. The van der Waals surface area contributed by atoms with E-state index in [1.165, 1.54) is 0 Å². The second kappa shape index (κ2) is 6.32. The van der Waals surface area contributed by atoms with Gasteiger partial charge in [0.2, 0.25) is 0 Å². The highest BCUT2D eigenvalue weighted by molar-refractivity contribution is 5.71. The molecule has 0 radical (unpaired) electrons. The van der Waals surface area contributed by atoms with Crippen LogP contribution in [0.4, 0.5) is 9.18 Å². The van der Waals surface area contributed by atoms with Gasteiger partial charge in [-0.25, -0.2) is 4.79 Å². The number of nitrogens with one attached hydrogen (secondary N) is 1. The molecule has 3 nitrogen and oxygen atoms in total. The Balaban J connectivity index is 2.84. The Kier molecular flexibility index (Phi) is 5.82.